The molecule has 20 heavy (non-hydrogen) atoms. The minimum Gasteiger partial charge on any atom is -0.481 e. The van der Waals surface area contributed by atoms with Gasteiger partial charge in [0.1, 0.15) is 5.76 Å². The number of nitrogens with one attached hydrogen (secondary N) is 2. The number of carboxylic acids is 1. The minimum atomic E-state index is -0.804. The zero-order valence-electron chi connectivity index (χ0n) is 11.9. The predicted molar refractivity (Wildman–Crippen MR) is 74.4 cm³/mol. The highest BCUT2D eigenvalue weighted by Crippen LogP contribution is 2.05. The number of carboxylic acid groups (broad SMARTS) is 1. The summed E-state index contributed by atoms with van der Waals surface area (Å²) in [4.78, 5) is 22.2. The van der Waals surface area contributed by atoms with E-state index in [-0.39, 0.29) is 18.0 Å². The molecule has 0 saturated carbocycles. The maximum Gasteiger partial charge on any atom is 0.315 e. The molecule has 1 aromatic heterocycles. The minimum absolute atomic E-state index is 0.0286. The summed E-state index contributed by atoms with van der Waals surface area (Å²) in [5.74, 6) is -0.354. The summed E-state index contributed by atoms with van der Waals surface area (Å²) in [5.41, 5.74) is 0. The molecule has 0 aliphatic carbocycles. The second-order valence-corrected chi connectivity index (χ2v) is 4.97. The van der Waals surface area contributed by atoms with Crippen molar-refractivity contribution in [3.05, 3.63) is 24.2 Å². The van der Waals surface area contributed by atoms with E-state index in [1.165, 1.54) is 0 Å². The standard InChI is InChI=1S/C14H22N2O4/c1-10(13(17)18)5-3-7-15-14(19)16-11(2)9-12-6-4-8-20-12/h4,6,8,10-11H,3,5,7,9H2,1-2H3,(H,17,18)(H2,15,16,19). The van der Waals surface area contributed by atoms with Crippen LogP contribution < -0.4 is 10.6 Å². The zero-order valence-corrected chi connectivity index (χ0v) is 11.9. The lowest BCUT2D eigenvalue weighted by Gasteiger charge is -2.13. The van der Waals surface area contributed by atoms with E-state index in [1.807, 2.05) is 19.1 Å². The molecule has 1 rings (SSSR count). The van der Waals surface area contributed by atoms with Crippen LogP contribution in [0.5, 0.6) is 0 Å². The second kappa shape index (κ2) is 8.24. The smallest absolute Gasteiger partial charge is 0.315 e. The average Bonchev–Trinajstić information content (AvgIpc) is 2.86. The molecule has 1 heterocycles. The van der Waals surface area contributed by atoms with Gasteiger partial charge >= 0.3 is 12.0 Å². The fraction of sp³-hybridized carbons (Fsp3) is 0.571. The Morgan fingerprint density at radius 3 is 2.75 bits per heavy atom. The first-order valence-corrected chi connectivity index (χ1v) is 6.78. The van der Waals surface area contributed by atoms with E-state index < -0.39 is 5.97 Å². The van der Waals surface area contributed by atoms with Crippen LogP contribution in [0.25, 0.3) is 0 Å². The first-order chi connectivity index (χ1) is 9.49. The molecular formula is C14H22N2O4. The Kier molecular flexibility index (Phi) is 6.63. The number of amides is 2. The van der Waals surface area contributed by atoms with Gasteiger partial charge in [-0.15, -0.1) is 0 Å². The van der Waals surface area contributed by atoms with E-state index >= 15 is 0 Å². The Morgan fingerprint density at radius 1 is 1.40 bits per heavy atom. The first kappa shape index (κ1) is 16.1. The topological polar surface area (TPSA) is 91.6 Å². The lowest BCUT2D eigenvalue weighted by molar-refractivity contribution is -0.141. The van der Waals surface area contributed by atoms with Crippen LogP contribution in [0, 0.1) is 5.92 Å². The van der Waals surface area contributed by atoms with Crippen molar-refractivity contribution in [3.8, 4) is 0 Å². The molecule has 0 aliphatic heterocycles. The molecular weight excluding hydrogens is 260 g/mol. The number of rotatable bonds is 8. The van der Waals surface area contributed by atoms with E-state index in [4.69, 9.17) is 9.52 Å². The van der Waals surface area contributed by atoms with Crippen molar-refractivity contribution in [2.24, 2.45) is 5.92 Å². The van der Waals surface area contributed by atoms with Gasteiger partial charge in [-0.3, -0.25) is 4.79 Å². The number of hydrogen-bond donors (Lipinski definition) is 3. The Hall–Kier alpha value is -1.98. The van der Waals surface area contributed by atoms with Crippen molar-refractivity contribution in [2.75, 3.05) is 6.54 Å². The number of aliphatic carboxylic acids is 1. The van der Waals surface area contributed by atoms with Crippen LogP contribution in [0.2, 0.25) is 0 Å². The van der Waals surface area contributed by atoms with Crippen molar-refractivity contribution < 1.29 is 19.1 Å². The van der Waals surface area contributed by atoms with Crippen molar-refractivity contribution in [1.82, 2.24) is 10.6 Å². The number of hydrogen-bond acceptors (Lipinski definition) is 3. The molecule has 0 fully saturated rings. The van der Waals surface area contributed by atoms with Crippen LogP contribution >= 0.6 is 0 Å². The highest BCUT2D eigenvalue weighted by molar-refractivity contribution is 5.74. The van der Waals surface area contributed by atoms with Gasteiger partial charge in [-0.05, 0) is 31.9 Å². The van der Waals surface area contributed by atoms with E-state index in [0.29, 0.717) is 25.8 Å². The molecule has 112 valence electrons. The molecule has 0 aromatic carbocycles. The third kappa shape index (κ3) is 6.26. The van der Waals surface area contributed by atoms with Gasteiger partial charge in [0.25, 0.3) is 0 Å². The van der Waals surface area contributed by atoms with Crippen molar-refractivity contribution in [1.29, 1.82) is 0 Å². The number of urea groups is 1. The van der Waals surface area contributed by atoms with E-state index in [9.17, 15) is 9.59 Å². The molecule has 2 atom stereocenters. The summed E-state index contributed by atoms with van der Waals surface area (Å²) < 4.78 is 5.21. The molecule has 2 unspecified atom stereocenters. The fourth-order valence-corrected chi connectivity index (χ4v) is 1.79. The van der Waals surface area contributed by atoms with Gasteiger partial charge in [0, 0.05) is 19.0 Å². The number of carbonyl (C=O) groups excluding carboxylic acids is 1. The highest BCUT2D eigenvalue weighted by atomic mass is 16.4. The van der Waals surface area contributed by atoms with Crippen LogP contribution in [0.3, 0.4) is 0 Å². The summed E-state index contributed by atoms with van der Waals surface area (Å²) in [7, 11) is 0. The normalized spacial score (nSPS) is 13.5. The molecule has 6 heteroatoms. The van der Waals surface area contributed by atoms with Gasteiger partial charge in [0.2, 0.25) is 0 Å². The lowest BCUT2D eigenvalue weighted by Crippen LogP contribution is -2.42. The summed E-state index contributed by atoms with van der Waals surface area (Å²) >= 11 is 0. The monoisotopic (exact) mass is 282 g/mol. The average molecular weight is 282 g/mol. The molecule has 0 radical (unpaired) electrons. The maximum absolute atomic E-state index is 11.6. The van der Waals surface area contributed by atoms with E-state index in [1.54, 1.807) is 13.2 Å². The Labute approximate surface area is 118 Å². The number of furan rings is 1. The third-order valence-electron chi connectivity index (χ3n) is 2.99. The molecule has 3 N–H and O–H groups in total. The molecule has 1 aromatic rings. The van der Waals surface area contributed by atoms with E-state index in [0.717, 1.165) is 5.76 Å². The van der Waals surface area contributed by atoms with Gasteiger partial charge in [-0.2, -0.15) is 0 Å². The second-order valence-electron chi connectivity index (χ2n) is 4.97. The number of carbonyl (C=O) groups is 2. The maximum atomic E-state index is 11.6. The summed E-state index contributed by atoms with van der Waals surface area (Å²) in [6.45, 7) is 4.03. The van der Waals surface area contributed by atoms with Gasteiger partial charge in [0.15, 0.2) is 0 Å². The van der Waals surface area contributed by atoms with Gasteiger partial charge in [-0.1, -0.05) is 6.92 Å². The quantitative estimate of drug-likeness (QED) is 0.636. The molecule has 0 aliphatic rings. The summed E-state index contributed by atoms with van der Waals surface area (Å²) in [6.07, 6.45) is 3.44. The van der Waals surface area contributed by atoms with Crippen molar-refractivity contribution >= 4 is 12.0 Å². The Bertz CT molecular complexity index is 417. The van der Waals surface area contributed by atoms with Crippen LogP contribution in [-0.2, 0) is 11.2 Å². The summed E-state index contributed by atoms with van der Waals surface area (Å²) in [6, 6.07) is 3.40. The largest absolute Gasteiger partial charge is 0.481 e. The molecule has 2 amide bonds. The van der Waals surface area contributed by atoms with Crippen LogP contribution in [0.15, 0.2) is 22.8 Å². The first-order valence-electron chi connectivity index (χ1n) is 6.78. The molecule has 0 spiro atoms. The summed E-state index contributed by atoms with van der Waals surface area (Å²) in [5, 5.41) is 14.2. The SMILES string of the molecule is CC(Cc1ccco1)NC(=O)NCCCC(C)C(=O)O. The van der Waals surface area contributed by atoms with E-state index in [2.05, 4.69) is 10.6 Å². The van der Waals surface area contributed by atoms with Crippen molar-refractivity contribution in [2.45, 2.75) is 39.2 Å². The fourth-order valence-electron chi connectivity index (χ4n) is 1.79. The van der Waals surface area contributed by atoms with Gasteiger partial charge in [-0.25, -0.2) is 4.79 Å². The van der Waals surface area contributed by atoms with Crippen LogP contribution in [0.4, 0.5) is 4.79 Å². The highest BCUT2D eigenvalue weighted by Gasteiger charge is 2.11. The van der Waals surface area contributed by atoms with Gasteiger partial charge in [0.05, 0.1) is 12.2 Å². The molecule has 0 bridgehead atoms. The Morgan fingerprint density at radius 2 is 2.15 bits per heavy atom. The Balaban J connectivity index is 2.12. The zero-order chi connectivity index (χ0) is 15.0. The molecule has 0 saturated heterocycles. The predicted octanol–water partition coefficient (Wildman–Crippen LogP) is 2.01. The van der Waals surface area contributed by atoms with Crippen LogP contribution in [0.1, 0.15) is 32.4 Å². The molecule has 6 nitrogen and oxygen atoms in total. The van der Waals surface area contributed by atoms with Gasteiger partial charge < -0.3 is 20.2 Å². The van der Waals surface area contributed by atoms with Crippen molar-refractivity contribution in [3.63, 3.8) is 0 Å². The third-order valence-corrected chi connectivity index (χ3v) is 2.99. The van der Waals surface area contributed by atoms with Crippen LogP contribution in [-0.4, -0.2) is 29.7 Å². The lowest BCUT2D eigenvalue weighted by atomic mass is 10.1.